The summed E-state index contributed by atoms with van der Waals surface area (Å²) in [6, 6.07) is 4.91. The number of hydrogen-bond acceptors (Lipinski definition) is 3. The van der Waals surface area contributed by atoms with Gasteiger partial charge in [-0.2, -0.15) is 13.2 Å². The number of rotatable bonds is 5. The summed E-state index contributed by atoms with van der Waals surface area (Å²) in [4.78, 5) is 12.4. The van der Waals surface area contributed by atoms with Crippen LogP contribution in [0.15, 0.2) is 24.3 Å². The van der Waals surface area contributed by atoms with Gasteiger partial charge in [0.15, 0.2) is 0 Å². The average molecular weight is 404 g/mol. The molecule has 2 fully saturated rings. The molecule has 2 unspecified atom stereocenters. The summed E-state index contributed by atoms with van der Waals surface area (Å²) < 4.78 is 63.0. The second-order valence-electron chi connectivity index (χ2n) is 7.15. The molecule has 0 spiro atoms. The van der Waals surface area contributed by atoms with E-state index in [0.29, 0.717) is 32.4 Å². The molecule has 2 atom stereocenters. The number of halogens is 3. The van der Waals surface area contributed by atoms with Crippen molar-refractivity contribution in [3.8, 4) is 0 Å². The molecule has 1 N–H and O–H groups in total. The fourth-order valence-electron chi connectivity index (χ4n) is 3.54. The van der Waals surface area contributed by atoms with Crippen LogP contribution < -0.4 is 5.32 Å². The molecular formula is C18H23F3N2O3S. The van der Waals surface area contributed by atoms with Gasteiger partial charge >= 0.3 is 6.18 Å². The van der Waals surface area contributed by atoms with Crippen LogP contribution in [0.1, 0.15) is 43.2 Å². The van der Waals surface area contributed by atoms with Crippen molar-refractivity contribution in [2.24, 2.45) is 5.92 Å². The molecule has 1 amide bonds. The van der Waals surface area contributed by atoms with Crippen molar-refractivity contribution < 1.29 is 26.4 Å². The second kappa shape index (κ2) is 7.43. The molecule has 0 aromatic heterocycles. The van der Waals surface area contributed by atoms with E-state index in [9.17, 15) is 26.4 Å². The number of amides is 1. The molecule has 2 aliphatic rings. The van der Waals surface area contributed by atoms with E-state index in [1.165, 1.54) is 16.4 Å². The number of carbonyl (C=O) groups is 1. The van der Waals surface area contributed by atoms with Crippen molar-refractivity contribution in [2.75, 3.05) is 18.8 Å². The minimum Gasteiger partial charge on any atom is -0.353 e. The monoisotopic (exact) mass is 404 g/mol. The minimum atomic E-state index is -4.36. The second-order valence-corrected chi connectivity index (χ2v) is 9.41. The van der Waals surface area contributed by atoms with Gasteiger partial charge in [-0.1, -0.05) is 12.1 Å². The van der Waals surface area contributed by atoms with Gasteiger partial charge in [0.1, 0.15) is 0 Å². The Bertz CT molecular complexity index is 785. The standard InChI is InChI=1S/C18H23F3N2O3S/c1-2-27(25,26)23-9-7-14(8-10-23)22-17(24)16-11-15(16)12-3-5-13(6-4-12)18(19,20)21/h3-6,14-16H,2,7-11H2,1H3,(H,22,24). The van der Waals surface area contributed by atoms with Crippen LogP contribution in [0.2, 0.25) is 0 Å². The first kappa shape index (κ1) is 20.1. The average Bonchev–Trinajstić information content (AvgIpc) is 3.42. The summed E-state index contributed by atoms with van der Waals surface area (Å²) in [6.45, 7) is 2.40. The Hall–Kier alpha value is -1.61. The highest BCUT2D eigenvalue weighted by atomic mass is 32.2. The van der Waals surface area contributed by atoms with Gasteiger partial charge in [0.05, 0.1) is 11.3 Å². The highest BCUT2D eigenvalue weighted by Gasteiger charge is 2.45. The summed E-state index contributed by atoms with van der Waals surface area (Å²) in [7, 11) is -3.20. The first-order chi connectivity index (χ1) is 12.6. The van der Waals surface area contributed by atoms with E-state index in [4.69, 9.17) is 0 Å². The first-order valence-electron chi connectivity index (χ1n) is 9.07. The van der Waals surface area contributed by atoms with Crippen LogP contribution >= 0.6 is 0 Å². The lowest BCUT2D eigenvalue weighted by Crippen LogP contribution is -2.47. The third-order valence-corrected chi connectivity index (χ3v) is 7.23. The van der Waals surface area contributed by atoms with Gasteiger partial charge in [-0.05, 0) is 49.8 Å². The van der Waals surface area contributed by atoms with Crippen LogP contribution in [0.5, 0.6) is 0 Å². The number of nitrogens with zero attached hydrogens (tertiary/aromatic N) is 1. The lowest BCUT2D eigenvalue weighted by atomic mass is 10.0. The molecule has 1 aliphatic carbocycles. The number of carbonyl (C=O) groups excluding carboxylic acids is 1. The highest BCUT2D eigenvalue weighted by molar-refractivity contribution is 7.89. The summed E-state index contributed by atoms with van der Waals surface area (Å²) in [5.74, 6) is -0.301. The van der Waals surface area contributed by atoms with E-state index >= 15 is 0 Å². The van der Waals surface area contributed by atoms with E-state index in [0.717, 1.165) is 17.7 Å². The Morgan fingerprint density at radius 3 is 2.30 bits per heavy atom. The lowest BCUT2D eigenvalue weighted by Gasteiger charge is -2.31. The predicted octanol–water partition coefficient (Wildman–Crippen LogP) is 2.74. The largest absolute Gasteiger partial charge is 0.416 e. The van der Waals surface area contributed by atoms with Crippen molar-refractivity contribution in [1.82, 2.24) is 9.62 Å². The molecule has 1 aromatic rings. The van der Waals surface area contributed by atoms with Crippen LogP contribution in [0.3, 0.4) is 0 Å². The quantitative estimate of drug-likeness (QED) is 0.821. The number of sulfonamides is 1. The van der Waals surface area contributed by atoms with Gasteiger partial charge in [-0.15, -0.1) is 0 Å². The maximum absolute atomic E-state index is 12.6. The lowest BCUT2D eigenvalue weighted by molar-refractivity contribution is -0.137. The Morgan fingerprint density at radius 1 is 1.19 bits per heavy atom. The third kappa shape index (κ3) is 4.63. The summed E-state index contributed by atoms with van der Waals surface area (Å²) in [5.41, 5.74) is 0.0497. The molecule has 0 bridgehead atoms. The molecule has 0 radical (unpaired) electrons. The zero-order valence-electron chi connectivity index (χ0n) is 15.0. The van der Waals surface area contributed by atoms with E-state index in [1.54, 1.807) is 6.92 Å². The molecule has 150 valence electrons. The molecule has 27 heavy (non-hydrogen) atoms. The molecule has 9 heteroatoms. The van der Waals surface area contributed by atoms with Gasteiger partial charge in [0.25, 0.3) is 0 Å². The maximum atomic E-state index is 12.6. The molecular weight excluding hydrogens is 381 g/mol. The van der Waals surface area contributed by atoms with Crippen molar-refractivity contribution in [3.63, 3.8) is 0 Å². The van der Waals surface area contributed by atoms with E-state index < -0.39 is 21.8 Å². The number of alkyl halides is 3. The van der Waals surface area contributed by atoms with Crippen LogP contribution in [0.4, 0.5) is 13.2 Å². The van der Waals surface area contributed by atoms with E-state index in [2.05, 4.69) is 5.32 Å². The van der Waals surface area contributed by atoms with Crippen molar-refractivity contribution in [3.05, 3.63) is 35.4 Å². The van der Waals surface area contributed by atoms with Crippen LogP contribution in [0, 0.1) is 5.92 Å². The van der Waals surface area contributed by atoms with Crippen molar-refractivity contribution in [2.45, 2.75) is 44.3 Å². The summed E-state index contributed by atoms with van der Waals surface area (Å²) >= 11 is 0. The summed E-state index contributed by atoms with van der Waals surface area (Å²) in [5, 5.41) is 2.97. The van der Waals surface area contributed by atoms with E-state index in [1.807, 2.05) is 0 Å². The molecule has 1 saturated heterocycles. The topological polar surface area (TPSA) is 66.5 Å². The molecule has 1 saturated carbocycles. The number of nitrogens with one attached hydrogen (secondary N) is 1. The van der Waals surface area contributed by atoms with Crippen molar-refractivity contribution in [1.29, 1.82) is 0 Å². The Morgan fingerprint density at radius 2 is 1.78 bits per heavy atom. The van der Waals surface area contributed by atoms with Crippen LogP contribution in [-0.4, -0.2) is 43.5 Å². The fourth-order valence-corrected chi connectivity index (χ4v) is 4.67. The molecule has 1 heterocycles. The smallest absolute Gasteiger partial charge is 0.353 e. The van der Waals surface area contributed by atoms with Gasteiger partial charge in [0, 0.05) is 25.0 Å². The number of piperidine rings is 1. The SMILES string of the molecule is CCS(=O)(=O)N1CCC(NC(=O)C2CC2c2ccc(C(F)(F)F)cc2)CC1. The maximum Gasteiger partial charge on any atom is 0.416 e. The van der Waals surface area contributed by atoms with Crippen LogP contribution in [-0.2, 0) is 21.0 Å². The van der Waals surface area contributed by atoms with Crippen molar-refractivity contribution >= 4 is 15.9 Å². The molecule has 1 aromatic carbocycles. The zero-order chi connectivity index (χ0) is 19.8. The zero-order valence-corrected chi connectivity index (χ0v) is 15.8. The van der Waals surface area contributed by atoms with Gasteiger partial charge in [-0.25, -0.2) is 12.7 Å². The fraction of sp³-hybridized carbons (Fsp3) is 0.611. The molecule has 5 nitrogen and oxygen atoms in total. The summed E-state index contributed by atoms with van der Waals surface area (Å²) in [6.07, 6.45) is -2.59. The van der Waals surface area contributed by atoms with E-state index in [-0.39, 0.29) is 29.5 Å². The number of benzene rings is 1. The Labute approximate surface area is 157 Å². The Balaban J connectivity index is 1.50. The van der Waals surface area contributed by atoms with Crippen LogP contribution in [0.25, 0.3) is 0 Å². The third-order valence-electron chi connectivity index (χ3n) is 5.35. The highest BCUT2D eigenvalue weighted by Crippen LogP contribution is 2.48. The van der Waals surface area contributed by atoms with Gasteiger partial charge in [-0.3, -0.25) is 4.79 Å². The van der Waals surface area contributed by atoms with Gasteiger partial charge in [0.2, 0.25) is 15.9 Å². The minimum absolute atomic E-state index is 0.0483. The Kier molecular flexibility index (Phi) is 5.54. The predicted molar refractivity (Wildman–Crippen MR) is 94.5 cm³/mol. The first-order valence-corrected chi connectivity index (χ1v) is 10.7. The number of hydrogen-bond donors (Lipinski definition) is 1. The molecule has 1 aliphatic heterocycles. The molecule has 3 rings (SSSR count). The normalized spacial score (nSPS) is 24.6. The van der Waals surface area contributed by atoms with Gasteiger partial charge < -0.3 is 5.32 Å².